The molecule has 0 atom stereocenters. The van der Waals surface area contributed by atoms with Gasteiger partial charge in [-0.2, -0.15) is 0 Å². The molecule has 1 aromatic carbocycles. The minimum atomic E-state index is -3.46. The molecule has 1 aliphatic rings. The Balaban J connectivity index is 1.97. The third kappa shape index (κ3) is 3.56. The molecule has 0 radical (unpaired) electrons. The Morgan fingerprint density at radius 2 is 1.89 bits per heavy atom. The first-order chi connectivity index (χ1) is 13.1. The maximum absolute atomic E-state index is 12.1. The van der Waals surface area contributed by atoms with E-state index in [4.69, 9.17) is 0 Å². The lowest BCUT2D eigenvalue weighted by atomic mass is 10.0. The second-order valence-electron chi connectivity index (χ2n) is 7.81. The van der Waals surface area contributed by atoms with Crippen LogP contribution in [0.25, 0.3) is 22.2 Å². The summed E-state index contributed by atoms with van der Waals surface area (Å²) in [5.74, 6) is 1.53. The van der Waals surface area contributed by atoms with E-state index >= 15 is 0 Å². The highest BCUT2D eigenvalue weighted by Gasteiger charge is 2.24. The standard InChI is InChI=1S/C20H24N4O3S/c1-12-7-16(11-23(3)20(12)25)15-8-17(22-28(4,26)27)19-18(9-15)24(13(2)21-19)10-14-5-6-14/h7-9,11,14,22H,5-6,10H2,1-4H3. The highest BCUT2D eigenvalue weighted by Crippen LogP contribution is 2.36. The number of aromatic nitrogens is 3. The SMILES string of the molecule is Cc1cc(-c2cc(NS(C)(=O)=O)c3nc(C)n(CC4CC4)c3c2)cn(C)c1=O. The molecule has 0 bridgehead atoms. The van der Waals surface area contributed by atoms with Gasteiger partial charge in [0.25, 0.3) is 5.56 Å². The molecule has 0 amide bonds. The smallest absolute Gasteiger partial charge is 0.253 e. The molecular weight excluding hydrogens is 376 g/mol. The van der Waals surface area contributed by atoms with Crippen molar-refractivity contribution in [1.82, 2.24) is 14.1 Å². The predicted octanol–water partition coefficient (Wildman–Crippen LogP) is 2.80. The van der Waals surface area contributed by atoms with Crippen molar-refractivity contribution in [3.8, 4) is 11.1 Å². The van der Waals surface area contributed by atoms with Crippen LogP contribution in [0.4, 0.5) is 5.69 Å². The third-order valence-corrected chi connectivity index (χ3v) is 5.76. The van der Waals surface area contributed by atoms with Gasteiger partial charge < -0.3 is 9.13 Å². The topological polar surface area (TPSA) is 86.0 Å². The highest BCUT2D eigenvalue weighted by atomic mass is 32.2. The van der Waals surface area contributed by atoms with Crippen molar-refractivity contribution in [1.29, 1.82) is 0 Å². The molecule has 0 spiro atoms. The number of imidazole rings is 1. The van der Waals surface area contributed by atoms with Gasteiger partial charge in [-0.05, 0) is 61.9 Å². The molecule has 2 heterocycles. The van der Waals surface area contributed by atoms with E-state index in [2.05, 4.69) is 14.3 Å². The van der Waals surface area contributed by atoms with E-state index in [9.17, 15) is 13.2 Å². The van der Waals surface area contributed by atoms with Crippen molar-refractivity contribution >= 4 is 26.7 Å². The van der Waals surface area contributed by atoms with E-state index < -0.39 is 10.0 Å². The first-order valence-corrected chi connectivity index (χ1v) is 11.2. The van der Waals surface area contributed by atoms with Crippen LogP contribution in [0.1, 0.15) is 24.2 Å². The van der Waals surface area contributed by atoms with Gasteiger partial charge in [-0.25, -0.2) is 13.4 Å². The Bertz CT molecular complexity index is 1220. The zero-order chi connectivity index (χ0) is 20.2. The first-order valence-electron chi connectivity index (χ1n) is 9.28. The Morgan fingerprint density at radius 1 is 1.18 bits per heavy atom. The van der Waals surface area contributed by atoms with E-state index in [0.29, 0.717) is 22.7 Å². The van der Waals surface area contributed by atoms with Crippen LogP contribution in [-0.2, 0) is 23.6 Å². The molecule has 1 saturated carbocycles. The molecule has 2 aromatic heterocycles. The van der Waals surface area contributed by atoms with Gasteiger partial charge in [-0.15, -0.1) is 0 Å². The van der Waals surface area contributed by atoms with Gasteiger partial charge in [0, 0.05) is 25.4 Å². The summed E-state index contributed by atoms with van der Waals surface area (Å²) in [6.07, 6.45) is 5.34. The Kier molecular flexibility index (Phi) is 4.33. The lowest BCUT2D eigenvalue weighted by Gasteiger charge is -2.12. The van der Waals surface area contributed by atoms with Gasteiger partial charge in [0.2, 0.25) is 10.0 Å². The number of hydrogen-bond acceptors (Lipinski definition) is 4. The largest absolute Gasteiger partial charge is 0.328 e. The second kappa shape index (κ2) is 6.48. The number of rotatable bonds is 5. The van der Waals surface area contributed by atoms with Crippen LogP contribution in [-0.4, -0.2) is 28.8 Å². The van der Waals surface area contributed by atoms with Crippen LogP contribution >= 0.6 is 0 Å². The lowest BCUT2D eigenvalue weighted by molar-refractivity contribution is 0.607. The van der Waals surface area contributed by atoms with Gasteiger partial charge in [-0.3, -0.25) is 9.52 Å². The Morgan fingerprint density at radius 3 is 2.50 bits per heavy atom. The monoisotopic (exact) mass is 400 g/mol. The van der Waals surface area contributed by atoms with Crippen molar-refractivity contribution in [3.63, 3.8) is 0 Å². The number of nitrogens with one attached hydrogen (secondary N) is 1. The second-order valence-corrected chi connectivity index (χ2v) is 9.56. The van der Waals surface area contributed by atoms with Crippen molar-refractivity contribution in [2.24, 2.45) is 13.0 Å². The van der Waals surface area contributed by atoms with Crippen molar-refractivity contribution in [3.05, 3.63) is 46.1 Å². The molecule has 28 heavy (non-hydrogen) atoms. The summed E-state index contributed by atoms with van der Waals surface area (Å²) in [5, 5.41) is 0. The summed E-state index contributed by atoms with van der Waals surface area (Å²) in [5.41, 5.74) is 4.30. The van der Waals surface area contributed by atoms with Crippen molar-refractivity contribution in [2.75, 3.05) is 11.0 Å². The summed E-state index contributed by atoms with van der Waals surface area (Å²) in [6.45, 7) is 4.61. The maximum atomic E-state index is 12.1. The minimum Gasteiger partial charge on any atom is -0.328 e. The maximum Gasteiger partial charge on any atom is 0.253 e. The van der Waals surface area contributed by atoms with E-state index in [-0.39, 0.29) is 5.56 Å². The van der Waals surface area contributed by atoms with E-state index in [1.54, 1.807) is 30.8 Å². The molecule has 148 valence electrons. The fourth-order valence-electron chi connectivity index (χ4n) is 3.61. The number of hydrogen-bond donors (Lipinski definition) is 1. The number of sulfonamides is 1. The normalized spacial score (nSPS) is 14.6. The summed E-state index contributed by atoms with van der Waals surface area (Å²) in [4.78, 5) is 16.7. The average molecular weight is 401 g/mol. The van der Waals surface area contributed by atoms with Crippen LogP contribution in [0.3, 0.4) is 0 Å². The summed E-state index contributed by atoms with van der Waals surface area (Å²) >= 11 is 0. The lowest BCUT2D eigenvalue weighted by Crippen LogP contribution is -2.18. The molecule has 1 fully saturated rings. The van der Waals surface area contributed by atoms with Gasteiger partial charge in [0.05, 0.1) is 17.5 Å². The van der Waals surface area contributed by atoms with Crippen LogP contribution in [0, 0.1) is 19.8 Å². The number of fused-ring (bicyclic) bond motifs is 1. The number of aryl methyl sites for hydroxylation is 3. The van der Waals surface area contributed by atoms with Gasteiger partial charge >= 0.3 is 0 Å². The van der Waals surface area contributed by atoms with Crippen LogP contribution in [0.15, 0.2) is 29.2 Å². The average Bonchev–Trinajstić information content (AvgIpc) is 3.35. The molecule has 4 rings (SSSR count). The fraction of sp³-hybridized carbons (Fsp3) is 0.400. The Labute approximate surface area is 164 Å². The number of nitrogens with zero attached hydrogens (tertiary/aromatic N) is 3. The highest BCUT2D eigenvalue weighted by molar-refractivity contribution is 7.92. The molecule has 8 heteroatoms. The summed E-state index contributed by atoms with van der Waals surface area (Å²) in [6, 6.07) is 5.66. The molecule has 0 aliphatic heterocycles. The predicted molar refractivity (Wildman–Crippen MR) is 111 cm³/mol. The molecule has 0 unspecified atom stereocenters. The summed E-state index contributed by atoms with van der Waals surface area (Å²) in [7, 11) is -1.74. The van der Waals surface area contributed by atoms with E-state index in [1.165, 1.54) is 12.8 Å². The molecule has 1 aliphatic carbocycles. The quantitative estimate of drug-likeness (QED) is 0.714. The summed E-state index contributed by atoms with van der Waals surface area (Å²) < 4.78 is 30.2. The third-order valence-electron chi connectivity index (χ3n) is 5.17. The molecular formula is C20H24N4O3S. The number of benzene rings is 1. The fourth-order valence-corrected chi connectivity index (χ4v) is 4.16. The number of pyridine rings is 1. The Hall–Kier alpha value is -2.61. The van der Waals surface area contributed by atoms with Crippen molar-refractivity contribution < 1.29 is 8.42 Å². The van der Waals surface area contributed by atoms with Crippen LogP contribution in [0.2, 0.25) is 0 Å². The zero-order valence-corrected chi connectivity index (χ0v) is 17.3. The van der Waals surface area contributed by atoms with Crippen LogP contribution < -0.4 is 10.3 Å². The van der Waals surface area contributed by atoms with Gasteiger partial charge in [0.15, 0.2) is 0 Å². The van der Waals surface area contributed by atoms with Crippen LogP contribution in [0.5, 0.6) is 0 Å². The minimum absolute atomic E-state index is 0.0473. The molecule has 7 nitrogen and oxygen atoms in total. The van der Waals surface area contributed by atoms with Gasteiger partial charge in [-0.1, -0.05) is 0 Å². The zero-order valence-electron chi connectivity index (χ0n) is 16.5. The molecule has 1 N–H and O–H groups in total. The van der Waals surface area contributed by atoms with Crippen molar-refractivity contribution in [2.45, 2.75) is 33.2 Å². The molecule has 0 saturated heterocycles. The molecule has 3 aromatic rings. The van der Waals surface area contributed by atoms with E-state index in [1.807, 2.05) is 19.1 Å². The van der Waals surface area contributed by atoms with Gasteiger partial charge in [0.1, 0.15) is 11.3 Å². The number of anilines is 1. The first kappa shape index (κ1) is 18.7. The van der Waals surface area contributed by atoms with E-state index in [0.717, 1.165) is 35.3 Å².